The zero-order chi connectivity index (χ0) is 12.0. The van der Waals surface area contributed by atoms with Gasteiger partial charge in [-0.25, -0.2) is 0 Å². The summed E-state index contributed by atoms with van der Waals surface area (Å²) in [6, 6.07) is 6.84. The fourth-order valence-electron chi connectivity index (χ4n) is 1.34. The van der Waals surface area contributed by atoms with Crippen LogP contribution in [0, 0.1) is 12.3 Å². The minimum Gasteiger partial charge on any atom is -0.338 e. The van der Waals surface area contributed by atoms with Gasteiger partial charge < -0.3 is 5.32 Å². The number of amides is 1. The number of nitrogens with one attached hydrogen (secondary N) is 1. The normalized spacial score (nSPS) is 11.6. The third-order valence-electron chi connectivity index (χ3n) is 2.21. The Labute approximate surface area is 102 Å². The second-order valence-electron chi connectivity index (χ2n) is 3.53. The molecule has 0 radical (unpaired) electrons. The molecule has 0 aromatic heterocycles. The lowest BCUT2D eigenvalue weighted by molar-refractivity contribution is 0.0944. The first kappa shape index (κ1) is 12.7. The average molecular weight is 233 g/mol. The second kappa shape index (κ2) is 6.24. The molecular weight excluding hydrogens is 218 g/mol. The third kappa shape index (κ3) is 3.63. The van der Waals surface area contributed by atoms with E-state index in [1.165, 1.54) is 0 Å². The maximum absolute atomic E-state index is 11.8. The highest BCUT2D eigenvalue weighted by atomic mass is 32.1. The van der Waals surface area contributed by atoms with Crippen molar-refractivity contribution in [2.24, 2.45) is 0 Å². The lowest BCUT2D eigenvalue weighted by Crippen LogP contribution is -2.33. The number of carbonyl (C=O) groups is 1. The summed E-state index contributed by atoms with van der Waals surface area (Å²) in [6.45, 7) is 2.03. The van der Waals surface area contributed by atoms with Gasteiger partial charge in [-0.2, -0.15) is 0 Å². The summed E-state index contributed by atoms with van der Waals surface area (Å²) in [5.74, 6) is 2.43. The minimum atomic E-state index is -0.187. The van der Waals surface area contributed by atoms with Gasteiger partial charge in [-0.1, -0.05) is 19.3 Å². The number of benzene rings is 1. The van der Waals surface area contributed by atoms with Gasteiger partial charge in [0.05, 0.1) is 6.04 Å². The molecule has 0 aliphatic carbocycles. The molecule has 2 nitrogen and oxygen atoms in total. The smallest absolute Gasteiger partial charge is 0.252 e. The Hall–Kier alpha value is -1.40. The van der Waals surface area contributed by atoms with Crippen LogP contribution in [0.25, 0.3) is 0 Å². The predicted octanol–water partition coefficient (Wildman–Crippen LogP) is 2.51. The van der Waals surface area contributed by atoms with Crippen LogP contribution in [0.2, 0.25) is 0 Å². The molecule has 0 spiro atoms. The molecule has 1 N–H and O–H groups in total. The van der Waals surface area contributed by atoms with Gasteiger partial charge in [0, 0.05) is 10.5 Å². The highest BCUT2D eigenvalue weighted by Crippen LogP contribution is 2.08. The molecular formula is C13H15NOS. The number of hydrogen-bond donors (Lipinski definition) is 2. The molecule has 0 aliphatic heterocycles. The van der Waals surface area contributed by atoms with Crippen molar-refractivity contribution in [1.82, 2.24) is 5.32 Å². The van der Waals surface area contributed by atoms with E-state index in [1.807, 2.05) is 6.92 Å². The molecule has 0 saturated heterocycles. The molecule has 1 atom stereocenters. The summed E-state index contributed by atoms with van der Waals surface area (Å²) in [4.78, 5) is 12.6. The molecule has 1 amide bonds. The Morgan fingerprint density at radius 1 is 1.50 bits per heavy atom. The van der Waals surface area contributed by atoms with Gasteiger partial charge in [-0.3, -0.25) is 4.79 Å². The van der Waals surface area contributed by atoms with Crippen LogP contribution in [0.3, 0.4) is 0 Å². The molecule has 1 rings (SSSR count). The van der Waals surface area contributed by atoms with Crippen molar-refractivity contribution in [2.75, 3.05) is 0 Å². The van der Waals surface area contributed by atoms with E-state index in [1.54, 1.807) is 24.3 Å². The van der Waals surface area contributed by atoms with Crippen LogP contribution in [-0.2, 0) is 0 Å². The SMILES string of the molecule is C#CC(CCC)NC(=O)c1ccc(S)cc1. The molecule has 1 unspecified atom stereocenters. The zero-order valence-corrected chi connectivity index (χ0v) is 10.1. The van der Waals surface area contributed by atoms with E-state index >= 15 is 0 Å². The Morgan fingerprint density at radius 2 is 2.12 bits per heavy atom. The van der Waals surface area contributed by atoms with Crippen LogP contribution < -0.4 is 5.32 Å². The fraction of sp³-hybridized carbons (Fsp3) is 0.308. The lowest BCUT2D eigenvalue weighted by atomic mass is 10.1. The molecule has 3 heteroatoms. The van der Waals surface area contributed by atoms with Gasteiger partial charge in [0.2, 0.25) is 0 Å². The molecule has 16 heavy (non-hydrogen) atoms. The molecule has 1 aromatic rings. The molecule has 0 aliphatic rings. The van der Waals surface area contributed by atoms with E-state index in [-0.39, 0.29) is 11.9 Å². The first-order valence-corrected chi connectivity index (χ1v) is 5.68. The van der Waals surface area contributed by atoms with Gasteiger partial charge >= 0.3 is 0 Å². The fourth-order valence-corrected chi connectivity index (χ4v) is 1.49. The van der Waals surface area contributed by atoms with E-state index in [9.17, 15) is 4.79 Å². The van der Waals surface area contributed by atoms with E-state index < -0.39 is 0 Å². The second-order valence-corrected chi connectivity index (χ2v) is 4.04. The maximum Gasteiger partial charge on any atom is 0.252 e. The molecule has 1 aromatic carbocycles. The minimum absolute atomic E-state index is 0.135. The Balaban J connectivity index is 2.65. The topological polar surface area (TPSA) is 29.1 Å². The third-order valence-corrected chi connectivity index (χ3v) is 2.51. The monoisotopic (exact) mass is 233 g/mol. The maximum atomic E-state index is 11.8. The number of carbonyl (C=O) groups excluding carboxylic acids is 1. The molecule has 0 heterocycles. The van der Waals surface area contributed by atoms with Gasteiger partial charge in [0.25, 0.3) is 5.91 Å². The van der Waals surface area contributed by atoms with Crippen molar-refractivity contribution in [2.45, 2.75) is 30.7 Å². The van der Waals surface area contributed by atoms with Crippen molar-refractivity contribution < 1.29 is 4.79 Å². The summed E-state index contributed by atoms with van der Waals surface area (Å²) in [6.07, 6.45) is 7.08. The summed E-state index contributed by atoms with van der Waals surface area (Å²) >= 11 is 4.16. The number of hydrogen-bond acceptors (Lipinski definition) is 2. The van der Waals surface area contributed by atoms with Crippen LogP contribution in [0.15, 0.2) is 29.2 Å². The van der Waals surface area contributed by atoms with Crippen LogP contribution >= 0.6 is 12.6 Å². The first-order valence-electron chi connectivity index (χ1n) is 5.23. The molecule has 0 bridgehead atoms. The molecule has 0 saturated carbocycles. The number of terminal acetylenes is 1. The quantitative estimate of drug-likeness (QED) is 0.607. The van der Waals surface area contributed by atoms with Crippen LogP contribution in [0.1, 0.15) is 30.1 Å². The van der Waals surface area contributed by atoms with E-state index in [2.05, 4.69) is 23.9 Å². The van der Waals surface area contributed by atoms with Crippen molar-refractivity contribution >= 4 is 18.5 Å². The summed E-state index contributed by atoms with van der Waals surface area (Å²) in [5.41, 5.74) is 0.606. The Bertz CT molecular complexity index is 391. The first-order chi connectivity index (χ1) is 7.67. The van der Waals surface area contributed by atoms with Gasteiger partial charge in [-0.15, -0.1) is 19.1 Å². The van der Waals surface area contributed by atoms with Gasteiger partial charge in [-0.05, 0) is 30.7 Å². The van der Waals surface area contributed by atoms with Crippen molar-refractivity contribution in [3.05, 3.63) is 29.8 Å². The lowest BCUT2D eigenvalue weighted by Gasteiger charge is -2.11. The van der Waals surface area contributed by atoms with Crippen LogP contribution in [-0.4, -0.2) is 11.9 Å². The number of thiol groups is 1. The van der Waals surface area contributed by atoms with Crippen LogP contribution in [0.5, 0.6) is 0 Å². The highest BCUT2D eigenvalue weighted by molar-refractivity contribution is 7.80. The van der Waals surface area contributed by atoms with Crippen molar-refractivity contribution in [3.63, 3.8) is 0 Å². The van der Waals surface area contributed by atoms with E-state index in [4.69, 9.17) is 6.42 Å². The molecule has 0 fully saturated rings. The van der Waals surface area contributed by atoms with Crippen molar-refractivity contribution in [1.29, 1.82) is 0 Å². The van der Waals surface area contributed by atoms with Gasteiger partial charge in [0.15, 0.2) is 0 Å². The summed E-state index contributed by atoms with van der Waals surface area (Å²) in [5, 5.41) is 2.80. The van der Waals surface area contributed by atoms with E-state index in [0.717, 1.165) is 17.7 Å². The Morgan fingerprint density at radius 3 is 2.62 bits per heavy atom. The largest absolute Gasteiger partial charge is 0.338 e. The predicted molar refractivity (Wildman–Crippen MR) is 68.7 cm³/mol. The van der Waals surface area contributed by atoms with Crippen molar-refractivity contribution in [3.8, 4) is 12.3 Å². The summed E-state index contributed by atoms with van der Waals surface area (Å²) < 4.78 is 0. The van der Waals surface area contributed by atoms with E-state index in [0.29, 0.717) is 5.56 Å². The van der Waals surface area contributed by atoms with Gasteiger partial charge in [0.1, 0.15) is 0 Å². The van der Waals surface area contributed by atoms with Crippen LogP contribution in [0.4, 0.5) is 0 Å². The summed E-state index contributed by atoms with van der Waals surface area (Å²) in [7, 11) is 0. The Kier molecular flexibility index (Phi) is 4.94. The zero-order valence-electron chi connectivity index (χ0n) is 9.23. The number of rotatable bonds is 4. The standard InChI is InChI=1S/C13H15NOS/c1-3-5-11(4-2)14-13(15)10-6-8-12(16)9-7-10/h2,6-9,11,16H,3,5H2,1H3,(H,14,15). The average Bonchev–Trinajstić information content (AvgIpc) is 2.29. The molecule has 84 valence electrons. The highest BCUT2D eigenvalue weighted by Gasteiger charge is 2.10.